The van der Waals surface area contributed by atoms with Crippen LogP contribution in [0.4, 0.5) is 0 Å². The normalized spacial score (nSPS) is 27.8. The molecule has 2 saturated heterocycles. The first-order chi connectivity index (χ1) is 21.8. The Morgan fingerprint density at radius 1 is 0.733 bits per heavy atom. The second-order valence-electron chi connectivity index (χ2n) is 14.2. The molecule has 0 aromatic rings. The molecule has 9 atom stereocenters. The molecule has 8 heteroatoms. The summed E-state index contributed by atoms with van der Waals surface area (Å²) < 4.78 is 17.3. The zero-order chi connectivity index (χ0) is 32.4. The van der Waals surface area contributed by atoms with Crippen LogP contribution in [0, 0.1) is 0 Å². The Bertz CT molecular complexity index is 833. The lowest BCUT2D eigenvalue weighted by atomic mass is 9.98. The molecule has 4 N–H and O–H groups in total. The maximum Gasteiger partial charge on any atom is 0.334 e. The number of esters is 1. The Kier molecular flexibility index (Phi) is 18.6. The molecule has 0 spiro atoms. The van der Waals surface area contributed by atoms with Crippen molar-refractivity contribution in [2.24, 2.45) is 0 Å². The Hall–Kier alpha value is -1.03. The minimum atomic E-state index is -0.913. The third-order valence-electron chi connectivity index (χ3n) is 10.1. The van der Waals surface area contributed by atoms with Gasteiger partial charge in [0.05, 0.1) is 42.7 Å². The minimum Gasteiger partial charge on any atom is -0.455 e. The van der Waals surface area contributed by atoms with E-state index in [4.69, 9.17) is 14.2 Å². The lowest BCUT2D eigenvalue weighted by molar-refractivity contribution is -0.139. The zero-order valence-corrected chi connectivity index (χ0v) is 28.5. The number of cyclic esters (lactones) is 1. The van der Waals surface area contributed by atoms with E-state index in [2.05, 4.69) is 6.92 Å². The van der Waals surface area contributed by atoms with Crippen LogP contribution < -0.4 is 0 Å². The van der Waals surface area contributed by atoms with E-state index >= 15 is 0 Å². The fourth-order valence-corrected chi connectivity index (χ4v) is 7.29. The summed E-state index contributed by atoms with van der Waals surface area (Å²) in [5, 5.41) is 41.8. The first-order valence-corrected chi connectivity index (χ1v) is 18.7. The van der Waals surface area contributed by atoms with E-state index in [0.717, 1.165) is 50.5 Å². The summed E-state index contributed by atoms with van der Waals surface area (Å²) in [6.45, 7) is 3.97. The van der Waals surface area contributed by atoms with Gasteiger partial charge in [-0.25, -0.2) is 4.79 Å². The molecule has 0 bridgehead atoms. The molecule has 0 aromatic heterocycles. The Labute approximate surface area is 273 Å². The monoisotopic (exact) mass is 638 g/mol. The molecule has 0 aromatic carbocycles. The second kappa shape index (κ2) is 21.8. The van der Waals surface area contributed by atoms with Crippen LogP contribution in [-0.2, 0) is 19.0 Å². The third-order valence-corrected chi connectivity index (χ3v) is 10.1. The van der Waals surface area contributed by atoms with Gasteiger partial charge in [0, 0.05) is 5.57 Å². The van der Waals surface area contributed by atoms with Crippen LogP contribution in [0.15, 0.2) is 11.6 Å². The van der Waals surface area contributed by atoms with E-state index in [9.17, 15) is 25.2 Å². The summed E-state index contributed by atoms with van der Waals surface area (Å²) in [4.78, 5) is 11.6. The highest BCUT2D eigenvalue weighted by molar-refractivity contribution is 5.90. The summed E-state index contributed by atoms with van der Waals surface area (Å²) in [6.07, 6.45) is 21.9. The molecular weight excluding hydrogens is 572 g/mol. The molecule has 0 amide bonds. The Morgan fingerprint density at radius 2 is 1.36 bits per heavy atom. The average Bonchev–Trinajstić information content (AvgIpc) is 3.77. The van der Waals surface area contributed by atoms with Gasteiger partial charge in [-0.3, -0.25) is 0 Å². The molecule has 45 heavy (non-hydrogen) atoms. The number of ether oxygens (including phenoxy) is 3. The topological polar surface area (TPSA) is 126 Å². The first kappa shape index (κ1) is 38.4. The van der Waals surface area contributed by atoms with Gasteiger partial charge in [0.25, 0.3) is 0 Å². The highest BCUT2D eigenvalue weighted by Gasteiger charge is 2.37. The molecule has 0 radical (unpaired) electrons. The van der Waals surface area contributed by atoms with Crippen molar-refractivity contribution in [1.29, 1.82) is 0 Å². The van der Waals surface area contributed by atoms with E-state index in [0.29, 0.717) is 44.6 Å². The molecule has 262 valence electrons. The van der Waals surface area contributed by atoms with Crippen LogP contribution in [-0.4, -0.2) is 81.3 Å². The lowest BCUT2D eigenvalue weighted by Crippen LogP contribution is -2.38. The van der Waals surface area contributed by atoms with Gasteiger partial charge >= 0.3 is 5.97 Å². The maximum absolute atomic E-state index is 11.6. The number of carbonyl (C=O) groups is 1. The van der Waals surface area contributed by atoms with Crippen molar-refractivity contribution in [3.05, 3.63) is 11.6 Å². The first-order valence-electron chi connectivity index (χ1n) is 18.7. The Balaban J connectivity index is 1.11. The molecule has 2 fully saturated rings. The van der Waals surface area contributed by atoms with Crippen molar-refractivity contribution in [1.82, 2.24) is 0 Å². The Morgan fingerprint density at radius 3 is 2.00 bits per heavy atom. The number of carbonyl (C=O) groups excluding carboxylic acids is 1. The smallest absolute Gasteiger partial charge is 0.334 e. The molecular formula is C37H66O8. The van der Waals surface area contributed by atoms with E-state index in [1.54, 1.807) is 0 Å². The maximum atomic E-state index is 11.6. The van der Waals surface area contributed by atoms with Crippen LogP contribution in [0.25, 0.3) is 0 Å². The number of unbranched alkanes of at least 4 members (excludes halogenated alkanes) is 11. The largest absolute Gasteiger partial charge is 0.455 e. The highest BCUT2D eigenvalue weighted by atomic mass is 16.5. The quantitative estimate of drug-likeness (QED) is 0.0634. The van der Waals surface area contributed by atoms with Crippen molar-refractivity contribution < 1.29 is 39.4 Å². The van der Waals surface area contributed by atoms with E-state index < -0.39 is 30.5 Å². The lowest BCUT2D eigenvalue weighted by Gasteiger charge is -2.25. The predicted octanol–water partition coefficient (Wildman–Crippen LogP) is 6.83. The highest BCUT2D eigenvalue weighted by Crippen LogP contribution is 2.30. The van der Waals surface area contributed by atoms with Crippen LogP contribution in [0.2, 0.25) is 0 Å². The fraction of sp³-hybridized carbons (Fsp3) is 0.919. The summed E-state index contributed by atoms with van der Waals surface area (Å²) in [5.41, 5.74) is 0.868. The van der Waals surface area contributed by atoms with Crippen molar-refractivity contribution in [3.63, 3.8) is 0 Å². The molecule has 3 aliphatic heterocycles. The van der Waals surface area contributed by atoms with Crippen LogP contribution in [0.5, 0.6) is 0 Å². The molecule has 3 aliphatic rings. The summed E-state index contributed by atoms with van der Waals surface area (Å²) >= 11 is 0. The van der Waals surface area contributed by atoms with Crippen LogP contribution in [0.3, 0.4) is 0 Å². The van der Waals surface area contributed by atoms with Gasteiger partial charge < -0.3 is 34.6 Å². The molecule has 8 nitrogen and oxygen atoms in total. The van der Waals surface area contributed by atoms with Gasteiger partial charge in [-0.1, -0.05) is 84.0 Å². The SMILES string of the molecule is CCCCC(O)[C@@H](O)[C@@H]1CC[C@@H]([C@@H](O)CC[C@H](O)C[C@@H]2CC[C@@H](CCCCCCCCCCCCCC3=C[C@H](C)OC3=O)O2)O1. The van der Waals surface area contributed by atoms with Crippen molar-refractivity contribution >= 4 is 5.97 Å². The van der Waals surface area contributed by atoms with Gasteiger partial charge in [-0.05, 0) is 83.6 Å². The summed E-state index contributed by atoms with van der Waals surface area (Å²) in [7, 11) is 0. The van der Waals surface area contributed by atoms with E-state index in [1.807, 2.05) is 13.0 Å². The number of aliphatic hydroxyl groups is 4. The summed E-state index contributed by atoms with van der Waals surface area (Å²) in [5.74, 6) is -0.119. The van der Waals surface area contributed by atoms with Gasteiger partial charge in [-0.15, -0.1) is 0 Å². The van der Waals surface area contributed by atoms with E-state index in [-0.39, 0.29) is 24.3 Å². The van der Waals surface area contributed by atoms with Gasteiger partial charge in [0.15, 0.2) is 0 Å². The van der Waals surface area contributed by atoms with Gasteiger partial charge in [0.2, 0.25) is 0 Å². The van der Waals surface area contributed by atoms with Gasteiger partial charge in [-0.2, -0.15) is 0 Å². The van der Waals surface area contributed by atoms with Gasteiger partial charge in [0.1, 0.15) is 12.2 Å². The standard InChI is InChI=1S/C37H66O8/c1-3-4-18-33(40)36(41)35-24-23-34(45-35)32(39)22-19-29(38)26-31-21-20-30(44-31)17-15-13-11-9-7-5-6-8-10-12-14-16-28-25-27(2)43-37(28)42/h25,27,29-36,38-41H,3-24,26H2,1-2H3/t27-,29-,30+,31-,32-,33?,34-,35-,36+/m0/s1. The summed E-state index contributed by atoms with van der Waals surface area (Å²) in [6, 6.07) is 0. The van der Waals surface area contributed by atoms with Crippen molar-refractivity contribution in [2.45, 2.75) is 216 Å². The molecule has 0 saturated carbocycles. The van der Waals surface area contributed by atoms with Crippen LogP contribution >= 0.6 is 0 Å². The van der Waals surface area contributed by atoms with Crippen molar-refractivity contribution in [2.75, 3.05) is 0 Å². The molecule has 3 heterocycles. The number of rotatable bonds is 25. The van der Waals surface area contributed by atoms with Crippen molar-refractivity contribution in [3.8, 4) is 0 Å². The number of hydrogen-bond acceptors (Lipinski definition) is 8. The average molecular weight is 639 g/mol. The molecule has 3 rings (SSSR count). The van der Waals surface area contributed by atoms with E-state index in [1.165, 1.54) is 64.2 Å². The predicted molar refractivity (Wildman–Crippen MR) is 177 cm³/mol. The molecule has 1 unspecified atom stereocenters. The number of hydrogen-bond donors (Lipinski definition) is 4. The second-order valence-corrected chi connectivity index (χ2v) is 14.2. The molecule has 0 aliphatic carbocycles. The number of aliphatic hydroxyl groups excluding tert-OH is 4. The zero-order valence-electron chi connectivity index (χ0n) is 28.5. The third kappa shape index (κ3) is 14.7. The minimum absolute atomic E-state index is 0.0485. The fourth-order valence-electron chi connectivity index (χ4n) is 7.29. The van der Waals surface area contributed by atoms with Crippen LogP contribution in [0.1, 0.15) is 162 Å².